The van der Waals surface area contributed by atoms with Gasteiger partial charge >= 0.3 is 7.69 Å². The molecule has 0 amide bonds. The van der Waals surface area contributed by atoms with Gasteiger partial charge in [-0.3, -0.25) is 0 Å². The quantitative estimate of drug-likeness (QED) is 0.0471. The van der Waals surface area contributed by atoms with Crippen molar-refractivity contribution in [1.29, 1.82) is 0 Å². The highest BCUT2D eigenvalue weighted by atomic mass is 19.2. The molecule has 4 rings (SSSR count). The van der Waals surface area contributed by atoms with E-state index in [-0.39, 0.29) is 11.1 Å². The van der Waals surface area contributed by atoms with Crippen LogP contribution in [0.25, 0.3) is 22.3 Å². The number of rotatable bonds is 22. The zero-order valence-corrected chi connectivity index (χ0v) is 28.5. The molecule has 0 saturated carbocycles. The predicted octanol–water partition coefficient (Wildman–Crippen LogP) is 12.0. The van der Waals surface area contributed by atoms with Crippen molar-refractivity contribution in [1.82, 2.24) is 0 Å². The molecule has 4 nitrogen and oxygen atoms in total. The minimum absolute atomic E-state index is 0.0364. The van der Waals surface area contributed by atoms with Crippen LogP contribution in [0.2, 0.25) is 0 Å². The zero-order chi connectivity index (χ0) is 34.8. The minimum atomic E-state index is -1.25. The number of ether oxygens (including phenoxy) is 2. The van der Waals surface area contributed by atoms with Gasteiger partial charge in [-0.2, -0.15) is 8.78 Å². The van der Waals surface area contributed by atoms with Crippen molar-refractivity contribution in [3.05, 3.63) is 96.1 Å². The Morgan fingerprint density at radius 3 is 1.18 bits per heavy atom. The molecule has 0 aliphatic carbocycles. The van der Waals surface area contributed by atoms with Gasteiger partial charge in [0.1, 0.15) is 23.0 Å². The van der Waals surface area contributed by atoms with Crippen molar-refractivity contribution in [3.63, 3.8) is 0 Å². The third-order valence-electron chi connectivity index (χ3n) is 8.31. The third-order valence-corrected chi connectivity index (χ3v) is 8.31. The van der Waals surface area contributed by atoms with E-state index in [2.05, 4.69) is 13.8 Å². The number of unbranched alkanes of at least 4 members (excludes halogenated alkanes) is 10. The summed E-state index contributed by atoms with van der Waals surface area (Å²) in [5.74, 6) is -4.37. The lowest BCUT2D eigenvalue weighted by Crippen LogP contribution is -2.13. The molecule has 0 unspecified atom stereocenters. The molecule has 0 bridgehead atoms. The largest absolute Gasteiger partial charge is 0.658 e. The maximum Gasteiger partial charge on any atom is 0.658 e. The van der Waals surface area contributed by atoms with Gasteiger partial charge < -0.3 is 18.8 Å². The van der Waals surface area contributed by atoms with Crippen molar-refractivity contribution in [3.8, 4) is 45.3 Å². The van der Waals surface area contributed by atoms with Gasteiger partial charge in [-0.15, -0.1) is 0 Å². The first kappa shape index (κ1) is 37.7. The van der Waals surface area contributed by atoms with Gasteiger partial charge in [0.25, 0.3) is 0 Å². The van der Waals surface area contributed by atoms with Crippen LogP contribution in [-0.4, -0.2) is 20.9 Å². The molecule has 261 valence electrons. The molecule has 0 spiro atoms. The summed E-state index contributed by atoms with van der Waals surface area (Å²) in [7, 11) is 0.626. The van der Waals surface area contributed by atoms with Crippen LogP contribution in [0.15, 0.2) is 72.8 Å². The van der Waals surface area contributed by atoms with Crippen molar-refractivity contribution in [2.75, 3.05) is 13.2 Å². The Morgan fingerprint density at radius 2 is 0.796 bits per heavy atom. The zero-order valence-electron chi connectivity index (χ0n) is 28.5. The van der Waals surface area contributed by atoms with Gasteiger partial charge in [-0.1, -0.05) is 102 Å². The molecule has 0 aliphatic rings. The normalized spacial score (nSPS) is 11.0. The van der Waals surface area contributed by atoms with E-state index in [4.69, 9.17) is 18.8 Å². The topological polar surface area (TPSA) is 36.9 Å². The Balaban J connectivity index is 1.26. The fourth-order valence-corrected chi connectivity index (χ4v) is 5.43. The van der Waals surface area contributed by atoms with E-state index in [0.717, 1.165) is 25.7 Å². The fourth-order valence-electron chi connectivity index (χ4n) is 5.43. The second-order valence-electron chi connectivity index (χ2n) is 12.1. The van der Waals surface area contributed by atoms with Crippen LogP contribution in [-0.2, 0) is 0 Å². The summed E-state index contributed by atoms with van der Waals surface area (Å²) in [6.45, 7) is 5.57. The minimum Gasteiger partial charge on any atom is -0.524 e. The van der Waals surface area contributed by atoms with Gasteiger partial charge in [0.15, 0.2) is 23.3 Å². The van der Waals surface area contributed by atoms with Crippen LogP contribution >= 0.6 is 0 Å². The molecular formula is C40H46BF4O4. The van der Waals surface area contributed by atoms with Crippen LogP contribution in [0.4, 0.5) is 17.6 Å². The van der Waals surface area contributed by atoms with Crippen LogP contribution in [0, 0.1) is 23.3 Å². The Hall–Kier alpha value is -4.14. The van der Waals surface area contributed by atoms with Crippen LogP contribution in [0.1, 0.15) is 90.9 Å². The lowest BCUT2D eigenvalue weighted by Gasteiger charge is -2.13. The van der Waals surface area contributed by atoms with Crippen molar-refractivity contribution in [2.45, 2.75) is 90.9 Å². The highest BCUT2D eigenvalue weighted by Crippen LogP contribution is 2.33. The van der Waals surface area contributed by atoms with E-state index < -0.39 is 34.8 Å². The Kier molecular flexibility index (Phi) is 15.7. The third kappa shape index (κ3) is 11.5. The first-order chi connectivity index (χ1) is 23.9. The Bertz CT molecular complexity index is 1450. The molecule has 9 heteroatoms. The summed E-state index contributed by atoms with van der Waals surface area (Å²) < 4.78 is 81.5. The monoisotopic (exact) mass is 677 g/mol. The first-order valence-corrected chi connectivity index (χ1v) is 17.5. The smallest absolute Gasteiger partial charge is 0.524 e. The highest BCUT2D eigenvalue weighted by Gasteiger charge is 2.20. The SMILES string of the molecule is CCCCCCCCOc1ccc(-c2ccc(O[B]Oc3ccc(-c4ccc(OCCCCCCCC)cc4)c(F)c3F)c(F)c2F)cc1. The molecule has 1 radical (unpaired) electrons. The first-order valence-electron chi connectivity index (χ1n) is 17.5. The van der Waals surface area contributed by atoms with E-state index in [0.29, 0.717) is 43.5 Å². The van der Waals surface area contributed by atoms with E-state index in [1.54, 1.807) is 48.5 Å². The molecular weight excluding hydrogens is 631 g/mol. The maximum atomic E-state index is 15.0. The van der Waals surface area contributed by atoms with Crippen LogP contribution < -0.4 is 18.8 Å². The average molecular weight is 678 g/mol. The second kappa shape index (κ2) is 20.4. The van der Waals surface area contributed by atoms with Crippen LogP contribution in [0.5, 0.6) is 23.0 Å². The summed E-state index contributed by atoms with van der Waals surface area (Å²) in [6, 6.07) is 18.7. The van der Waals surface area contributed by atoms with Crippen molar-refractivity contribution in [2.24, 2.45) is 0 Å². The molecule has 0 aliphatic heterocycles. The maximum absolute atomic E-state index is 15.0. The van der Waals surface area contributed by atoms with Gasteiger partial charge in [-0.25, -0.2) is 8.78 Å². The number of hydrogen-bond donors (Lipinski definition) is 0. The summed E-state index contributed by atoms with van der Waals surface area (Å²) >= 11 is 0. The molecule has 0 aromatic heterocycles. The van der Waals surface area contributed by atoms with E-state index in [1.165, 1.54) is 75.6 Å². The lowest BCUT2D eigenvalue weighted by molar-refractivity contribution is 0.304. The summed E-state index contributed by atoms with van der Waals surface area (Å²) in [5.41, 5.74) is 0.995. The van der Waals surface area contributed by atoms with Gasteiger partial charge in [0.05, 0.1) is 13.2 Å². The van der Waals surface area contributed by atoms with Crippen molar-refractivity contribution < 1.29 is 36.3 Å². The van der Waals surface area contributed by atoms with Gasteiger partial charge in [-0.05, 0) is 72.5 Å². The molecule has 0 heterocycles. The molecule has 0 fully saturated rings. The summed E-state index contributed by atoms with van der Waals surface area (Å²) in [4.78, 5) is 0. The number of halogens is 4. The van der Waals surface area contributed by atoms with Crippen molar-refractivity contribution >= 4 is 7.69 Å². The lowest BCUT2D eigenvalue weighted by atomic mass is 10.0. The molecule has 4 aromatic carbocycles. The van der Waals surface area contributed by atoms with E-state index >= 15 is 0 Å². The second-order valence-corrected chi connectivity index (χ2v) is 12.1. The van der Waals surface area contributed by atoms with Gasteiger partial charge in [0, 0.05) is 11.1 Å². The van der Waals surface area contributed by atoms with Gasteiger partial charge in [0.2, 0.25) is 0 Å². The molecule has 4 aromatic rings. The Labute approximate surface area is 289 Å². The van der Waals surface area contributed by atoms with Crippen LogP contribution in [0.3, 0.4) is 0 Å². The standard InChI is InChI=1S/C40H46BF4O4/c1-3-5-7-9-11-13-27-46-31-19-15-29(16-20-31)33-23-25-35(39(44)37(33)42)48-41-49-36-26-24-34(38(43)40(36)45)30-17-21-32(22-18-30)47-28-14-12-10-8-6-4-2/h15-26H,3-14,27-28H2,1-2H3. The molecule has 0 N–H and O–H groups in total. The summed E-state index contributed by atoms with van der Waals surface area (Å²) in [6.07, 6.45) is 13.9. The highest BCUT2D eigenvalue weighted by molar-refractivity contribution is 6.20. The molecule has 0 atom stereocenters. The average Bonchev–Trinajstić information content (AvgIpc) is 3.12. The number of hydrogen-bond acceptors (Lipinski definition) is 4. The Morgan fingerprint density at radius 1 is 0.429 bits per heavy atom. The summed E-state index contributed by atoms with van der Waals surface area (Å²) in [5, 5.41) is 0. The fraction of sp³-hybridized carbons (Fsp3) is 0.400. The van der Waals surface area contributed by atoms with E-state index in [9.17, 15) is 17.6 Å². The predicted molar refractivity (Wildman–Crippen MR) is 188 cm³/mol. The number of benzene rings is 4. The van der Waals surface area contributed by atoms with E-state index in [1.807, 2.05) is 0 Å². The molecule has 49 heavy (non-hydrogen) atoms. The molecule has 0 saturated heterocycles.